The molecule has 0 fully saturated rings. The van der Waals surface area contributed by atoms with Gasteiger partial charge < -0.3 is 14.2 Å². The summed E-state index contributed by atoms with van der Waals surface area (Å²) in [5.74, 6) is -0.880. The SMILES string of the molecule is CCCC/C=C\CCCCCCCC(=O)OC[C@H](COC(=O)CCCCCCCCC/C=C\C/C=C\CCCCC)OC(=O)CCCCCCCCCCCCCCCCCC. The molecular formula is C56H102O6. The lowest BCUT2D eigenvalue weighted by Crippen LogP contribution is -2.30. The van der Waals surface area contributed by atoms with Crippen LogP contribution in [0.4, 0.5) is 0 Å². The van der Waals surface area contributed by atoms with Crippen LogP contribution in [-0.2, 0) is 28.6 Å². The van der Waals surface area contributed by atoms with Crippen molar-refractivity contribution in [1.82, 2.24) is 0 Å². The molecule has 0 spiro atoms. The number of esters is 3. The monoisotopic (exact) mass is 871 g/mol. The average Bonchev–Trinajstić information content (AvgIpc) is 3.27. The van der Waals surface area contributed by atoms with Crippen LogP contribution in [0, 0.1) is 0 Å². The van der Waals surface area contributed by atoms with Gasteiger partial charge in [-0.05, 0) is 70.6 Å². The predicted octanol–water partition coefficient (Wildman–Crippen LogP) is 17.7. The van der Waals surface area contributed by atoms with Crippen LogP contribution in [0.25, 0.3) is 0 Å². The van der Waals surface area contributed by atoms with Crippen LogP contribution in [-0.4, -0.2) is 37.2 Å². The number of ether oxygens (including phenoxy) is 3. The topological polar surface area (TPSA) is 78.9 Å². The van der Waals surface area contributed by atoms with E-state index in [1.807, 2.05) is 0 Å². The minimum absolute atomic E-state index is 0.0760. The molecule has 0 aromatic heterocycles. The molecule has 6 heteroatoms. The minimum atomic E-state index is -0.774. The van der Waals surface area contributed by atoms with Crippen LogP contribution in [0.2, 0.25) is 0 Å². The molecule has 0 aromatic carbocycles. The summed E-state index contributed by atoms with van der Waals surface area (Å²) in [6, 6.07) is 0. The van der Waals surface area contributed by atoms with E-state index in [1.165, 1.54) is 167 Å². The fourth-order valence-corrected chi connectivity index (χ4v) is 7.75. The first kappa shape index (κ1) is 59.6. The lowest BCUT2D eigenvalue weighted by molar-refractivity contribution is -0.167. The van der Waals surface area contributed by atoms with Crippen LogP contribution >= 0.6 is 0 Å². The number of allylic oxidation sites excluding steroid dienone is 6. The van der Waals surface area contributed by atoms with E-state index in [0.29, 0.717) is 19.3 Å². The summed E-state index contributed by atoms with van der Waals surface area (Å²) in [6.07, 6.45) is 59.8. The molecule has 0 aliphatic heterocycles. The van der Waals surface area contributed by atoms with Gasteiger partial charge in [0.25, 0.3) is 0 Å². The first-order chi connectivity index (χ1) is 30.5. The second kappa shape index (κ2) is 51.3. The van der Waals surface area contributed by atoms with Crippen molar-refractivity contribution < 1.29 is 28.6 Å². The van der Waals surface area contributed by atoms with Crippen molar-refractivity contribution in [3.63, 3.8) is 0 Å². The quantitative estimate of drug-likeness (QED) is 0.0262. The van der Waals surface area contributed by atoms with Crippen LogP contribution in [0.1, 0.15) is 284 Å². The van der Waals surface area contributed by atoms with E-state index in [1.54, 1.807) is 0 Å². The number of hydrogen-bond acceptors (Lipinski definition) is 6. The molecule has 1 atom stereocenters. The Kier molecular flexibility index (Phi) is 49.3. The Labute approximate surface area is 385 Å². The van der Waals surface area contributed by atoms with Gasteiger partial charge in [-0.3, -0.25) is 14.4 Å². The van der Waals surface area contributed by atoms with Crippen LogP contribution in [0.5, 0.6) is 0 Å². The largest absolute Gasteiger partial charge is 0.462 e. The van der Waals surface area contributed by atoms with Gasteiger partial charge in [0.2, 0.25) is 0 Å². The van der Waals surface area contributed by atoms with Crippen LogP contribution in [0.3, 0.4) is 0 Å². The third kappa shape index (κ3) is 48.7. The Hall–Kier alpha value is -2.37. The van der Waals surface area contributed by atoms with E-state index < -0.39 is 6.10 Å². The lowest BCUT2D eigenvalue weighted by Gasteiger charge is -2.18. The van der Waals surface area contributed by atoms with Crippen molar-refractivity contribution in [3.8, 4) is 0 Å². The highest BCUT2D eigenvalue weighted by Crippen LogP contribution is 2.16. The first-order valence-electron chi connectivity index (χ1n) is 27.0. The summed E-state index contributed by atoms with van der Waals surface area (Å²) in [4.78, 5) is 38.0. The Morgan fingerprint density at radius 1 is 0.323 bits per heavy atom. The molecule has 0 amide bonds. The minimum Gasteiger partial charge on any atom is -0.462 e. The Morgan fingerprint density at radius 2 is 0.597 bits per heavy atom. The Morgan fingerprint density at radius 3 is 0.984 bits per heavy atom. The highest BCUT2D eigenvalue weighted by Gasteiger charge is 2.19. The van der Waals surface area contributed by atoms with E-state index >= 15 is 0 Å². The zero-order valence-corrected chi connectivity index (χ0v) is 41.4. The molecule has 0 aliphatic rings. The summed E-state index contributed by atoms with van der Waals surface area (Å²) >= 11 is 0. The van der Waals surface area contributed by atoms with Crippen LogP contribution in [0.15, 0.2) is 36.5 Å². The van der Waals surface area contributed by atoms with Gasteiger partial charge in [0.1, 0.15) is 13.2 Å². The normalized spacial score (nSPS) is 12.2. The summed E-state index contributed by atoms with van der Waals surface area (Å²) in [7, 11) is 0. The maximum atomic E-state index is 12.8. The fraction of sp³-hybridized carbons (Fsp3) is 0.839. The molecule has 362 valence electrons. The van der Waals surface area contributed by atoms with Gasteiger partial charge in [0, 0.05) is 19.3 Å². The van der Waals surface area contributed by atoms with Gasteiger partial charge in [0.05, 0.1) is 0 Å². The maximum absolute atomic E-state index is 12.8. The molecule has 0 aliphatic carbocycles. The molecule has 0 bridgehead atoms. The molecule has 0 saturated carbocycles. The van der Waals surface area contributed by atoms with Crippen molar-refractivity contribution in [2.24, 2.45) is 0 Å². The zero-order valence-electron chi connectivity index (χ0n) is 41.4. The third-order valence-corrected chi connectivity index (χ3v) is 11.9. The van der Waals surface area contributed by atoms with E-state index in [9.17, 15) is 14.4 Å². The predicted molar refractivity (Wildman–Crippen MR) is 266 cm³/mol. The number of carbonyl (C=O) groups excluding carboxylic acids is 3. The third-order valence-electron chi connectivity index (χ3n) is 11.9. The standard InChI is InChI=1S/C56H102O6/c1-4-7-10-13-16-19-22-24-26-28-30-31-34-37-40-43-46-49-55(58)61-52-53(51-60-54(57)48-45-42-39-36-33-21-18-15-12-9-6-3)62-56(59)50-47-44-41-38-35-32-29-27-25-23-20-17-14-11-8-5-2/h15-16,18-19,24,26,53H,4-14,17,20-23,25,27-52H2,1-3H3/b18-15-,19-16-,26-24-/t53-/m1/s1. The van der Waals surface area contributed by atoms with Gasteiger partial charge >= 0.3 is 17.9 Å². The van der Waals surface area contributed by atoms with Crippen molar-refractivity contribution in [2.75, 3.05) is 13.2 Å². The van der Waals surface area contributed by atoms with Gasteiger partial charge in [-0.1, -0.05) is 231 Å². The number of hydrogen-bond donors (Lipinski definition) is 0. The second-order valence-electron chi connectivity index (χ2n) is 18.1. The second-order valence-corrected chi connectivity index (χ2v) is 18.1. The molecule has 0 heterocycles. The highest BCUT2D eigenvalue weighted by molar-refractivity contribution is 5.71. The van der Waals surface area contributed by atoms with Crippen molar-refractivity contribution in [2.45, 2.75) is 290 Å². The summed E-state index contributed by atoms with van der Waals surface area (Å²) < 4.78 is 16.8. The summed E-state index contributed by atoms with van der Waals surface area (Å²) in [5.41, 5.74) is 0. The summed E-state index contributed by atoms with van der Waals surface area (Å²) in [5, 5.41) is 0. The summed E-state index contributed by atoms with van der Waals surface area (Å²) in [6.45, 7) is 6.59. The maximum Gasteiger partial charge on any atom is 0.306 e. The number of unbranched alkanes of at least 4 members (excludes halogenated alkanes) is 32. The highest BCUT2D eigenvalue weighted by atomic mass is 16.6. The fourth-order valence-electron chi connectivity index (χ4n) is 7.75. The van der Waals surface area contributed by atoms with Gasteiger partial charge in [-0.15, -0.1) is 0 Å². The van der Waals surface area contributed by atoms with E-state index in [0.717, 1.165) is 77.0 Å². The molecule has 0 unspecified atom stereocenters. The molecule has 0 aromatic rings. The van der Waals surface area contributed by atoms with Crippen molar-refractivity contribution in [1.29, 1.82) is 0 Å². The average molecular weight is 871 g/mol. The molecule has 62 heavy (non-hydrogen) atoms. The number of rotatable bonds is 49. The zero-order chi connectivity index (χ0) is 45.1. The Balaban J connectivity index is 4.33. The van der Waals surface area contributed by atoms with E-state index in [4.69, 9.17) is 14.2 Å². The van der Waals surface area contributed by atoms with Crippen molar-refractivity contribution >= 4 is 17.9 Å². The Bertz CT molecular complexity index is 1050. The van der Waals surface area contributed by atoms with Gasteiger partial charge in [0.15, 0.2) is 6.10 Å². The lowest BCUT2D eigenvalue weighted by atomic mass is 10.0. The van der Waals surface area contributed by atoms with E-state index in [2.05, 4.69) is 57.2 Å². The molecule has 0 rings (SSSR count). The van der Waals surface area contributed by atoms with E-state index in [-0.39, 0.29) is 31.1 Å². The van der Waals surface area contributed by atoms with Crippen LogP contribution < -0.4 is 0 Å². The molecule has 0 radical (unpaired) electrons. The smallest absolute Gasteiger partial charge is 0.306 e. The van der Waals surface area contributed by atoms with Gasteiger partial charge in [-0.25, -0.2) is 0 Å². The molecular weight excluding hydrogens is 769 g/mol. The van der Waals surface area contributed by atoms with Gasteiger partial charge in [-0.2, -0.15) is 0 Å². The first-order valence-corrected chi connectivity index (χ1v) is 27.0. The number of carbonyl (C=O) groups is 3. The molecule has 0 N–H and O–H groups in total. The molecule has 6 nitrogen and oxygen atoms in total. The molecule has 0 saturated heterocycles. The van der Waals surface area contributed by atoms with Crippen molar-refractivity contribution in [3.05, 3.63) is 36.5 Å².